The molecule has 1 heterocycles. The van der Waals surface area contributed by atoms with E-state index in [1.807, 2.05) is 13.0 Å². The van der Waals surface area contributed by atoms with Crippen molar-refractivity contribution in [2.75, 3.05) is 26.2 Å². The Labute approximate surface area is 152 Å². The molecule has 1 aromatic carbocycles. The van der Waals surface area contributed by atoms with Crippen LogP contribution in [-0.4, -0.2) is 43.2 Å². The van der Waals surface area contributed by atoms with Crippen molar-refractivity contribution in [2.45, 2.75) is 13.3 Å². The van der Waals surface area contributed by atoms with E-state index in [4.69, 9.17) is 0 Å². The number of nitrogens with one attached hydrogen (secondary N) is 3. The van der Waals surface area contributed by atoms with Crippen molar-refractivity contribution in [3.8, 4) is 5.75 Å². The second-order valence-electron chi connectivity index (χ2n) is 5.29. The van der Waals surface area contributed by atoms with E-state index in [0.717, 1.165) is 18.9 Å². The minimum absolute atomic E-state index is 0.0172. The van der Waals surface area contributed by atoms with E-state index < -0.39 is 0 Å². The molecular formula is C18H24N4O2S. The fourth-order valence-corrected chi connectivity index (χ4v) is 2.89. The van der Waals surface area contributed by atoms with Crippen LogP contribution in [0.3, 0.4) is 0 Å². The van der Waals surface area contributed by atoms with Gasteiger partial charge in [-0.1, -0.05) is 18.2 Å². The van der Waals surface area contributed by atoms with E-state index >= 15 is 0 Å². The number of guanidine groups is 1. The summed E-state index contributed by atoms with van der Waals surface area (Å²) in [6.45, 7) is 4.47. The molecule has 0 saturated carbocycles. The van der Waals surface area contributed by atoms with E-state index in [9.17, 15) is 9.90 Å². The number of aliphatic imine (C=N–C) groups is 1. The number of phenols is 1. The number of hydrogen-bond acceptors (Lipinski definition) is 4. The highest BCUT2D eigenvalue weighted by atomic mass is 32.1. The number of aromatic hydroxyl groups is 1. The predicted octanol–water partition coefficient (Wildman–Crippen LogP) is 1.98. The van der Waals surface area contributed by atoms with Crippen molar-refractivity contribution < 1.29 is 9.90 Å². The SMILES string of the molecule is CCNC(=NCCc1cccs1)NCCNC(=O)c1ccccc1O. The Kier molecular flexibility index (Phi) is 7.78. The van der Waals surface area contributed by atoms with Gasteiger partial charge in [-0.3, -0.25) is 9.79 Å². The van der Waals surface area contributed by atoms with Gasteiger partial charge < -0.3 is 21.1 Å². The van der Waals surface area contributed by atoms with Crippen LogP contribution in [0.15, 0.2) is 46.8 Å². The molecule has 0 fully saturated rings. The molecule has 2 rings (SSSR count). The highest BCUT2D eigenvalue weighted by Crippen LogP contribution is 2.14. The third-order valence-electron chi connectivity index (χ3n) is 3.40. The van der Waals surface area contributed by atoms with Gasteiger partial charge in [0.2, 0.25) is 0 Å². The van der Waals surface area contributed by atoms with Gasteiger partial charge in [-0.15, -0.1) is 11.3 Å². The Morgan fingerprint density at radius 2 is 1.92 bits per heavy atom. The van der Waals surface area contributed by atoms with Crippen LogP contribution in [0.5, 0.6) is 5.75 Å². The van der Waals surface area contributed by atoms with Crippen molar-refractivity contribution in [3.63, 3.8) is 0 Å². The topological polar surface area (TPSA) is 85.8 Å². The second-order valence-corrected chi connectivity index (χ2v) is 6.32. The molecule has 6 nitrogen and oxygen atoms in total. The van der Waals surface area contributed by atoms with Gasteiger partial charge >= 0.3 is 0 Å². The highest BCUT2D eigenvalue weighted by Gasteiger charge is 2.09. The van der Waals surface area contributed by atoms with Crippen molar-refractivity contribution in [1.29, 1.82) is 0 Å². The Balaban J connectivity index is 1.73. The number of nitrogens with zero attached hydrogens (tertiary/aromatic N) is 1. The first kappa shape index (κ1) is 18.8. The summed E-state index contributed by atoms with van der Waals surface area (Å²) >= 11 is 1.73. The number of para-hydroxylation sites is 1. The van der Waals surface area contributed by atoms with Crippen LogP contribution in [0, 0.1) is 0 Å². The lowest BCUT2D eigenvalue weighted by Gasteiger charge is -2.12. The first-order chi connectivity index (χ1) is 12.2. The van der Waals surface area contributed by atoms with Crippen molar-refractivity contribution in [3.05, 3.63) is 52.2 Å². The van der Waals surface area contributed by atoms with Gasteiger partial charge in [0.05, 0.1) is 5.56 Å². The minimum atomic E-state index is -0.292. The zero-order chi connectivity index (χ0) is 17.9. The summed E-state index contributed by atoms with van der Waals surface area (Å²) in [6, 6.07) is 10.6. The van der Waals surface area contributed by atoms with Crippen LogP contribution in [0.2, 0.25) is 0 Å². The fourth-order valence-electron chi connectivity index (χ4n) is 2.19. The summed E-state index contributed by atoms with van der Waals surface area (Å²) in [6.07, 6.45) is 0.915. The predicted molar refractivity (Wildman–Crippen MR) is 102 cm³/mol. The molecule has 0 spiro atoms. The zero-order valence-corrected chi connectivity index (χ0v) is 15.1. The van der Waals surface area contributed by atoms with Crippen LogP contribution in [0.25, 0.3) is 0 Å². The minimum Gasteiger partial charge on any atom is -0.507 e. The molecule has 4 N–H and O–H groups in total. The second kappa shape index (κ2) is 10.4. The van der Waals surface area contributed by atoms with Gasteiger partial charge in [-0.2, -0.15) is 0 Å². The largest absolute Gasteiger partial charge is 0.507 e. The molecule has 0 aliphatic heterocycles. The standard InChI is InChI=1S/C18H24N4O2S/c1-2-19-18(21-10-9-14-6-5-13-25-14)22-12-11-20-17(24)15-7-3-4-8-16(15)23/h3-8,13,23H,2,9-12H2,1H3,(H,20,24)(H2,19,21,22). The van der Waals surface area contributed by atoms with Gasteiger partial charge in [0.15, 0.2) is 5.96 Å². The van der Waals surface area contributed by atoms with Crippen molar-refractivity contribution in [2.24, 2.45) is 4.99 Å². The Hall–Kier alpha value is -2.54. The van der Waals surface area contributed by atoms with Crippen molar-refractivity contribution >= 4 is 23.2 Å². The third kappa shape index (κ3) is 6.46. The maximum Gasteiger partial charge on any atom is 0.255 e. The first-order valence-electron chi connectivity index (χ1n) is 8.31. The molecule has 2 aromatic rings. The molecule has 134 valence electrons. The van der Waals surface area contributed by atoms with Crippen LogP contribution >= 0.6 is 11.3 Å². The van der Waals surface area contributed by atoms with Gasteiger partial charge in [0.1, 0.15) is 5.75 Å². The van der Waals surface area contributed by atoms with Crippen LogP contribution in [-0.2, 0) is 6.42 Å². The van der Waals surface area contributed by atoms with Gasteiger partial charge in [-0.05, 0) is 30.5 Å². The van der Waals surface area contributed by atoms with Gasteiger partial charge in [0, 0.05) is 37.5 Å². The summed E-state index contributed by atoms with van der Waals surface area (Å²) < 4.78 is 0. The van der Waals surface area contributed by atoms with E-state index in [2.05, 4.69) is 32.4 Å². The monoisotopic (exact) mass is 360 g/mol. The number of thiophene rings is 1. The van der Waals surface area contributed by atoms with Crippen LogP contribution < -0.4 is 16.0 Å². The van der Waals surface area contributed by atoms with Gasteiger partial charge in [-0.25, -0.2) is 0 Å². The van der Waals surface area contributed by atoms with E-state index in [0.29, 0.717) is 19.6 Å². The lowest BCUT2D eigenvalue weighted by atomic mass is 10.2. The maximum atomic E-state index is 12.0. The average Bonchev–Trinajstić information content (AvgIpc) is 3.12. The lowest BCUT2D eigenvalue weighted by Crippen LogP contribution is -2.41. The zero-order valence-electron chi connectivity index (χ0n) is 14.3. The van der Waals surface area contributed by atoms with E-state index in [1.54, 1.807) is 29.5 Å². The molecule has 0 atom stereocenters. The summed E-state index contributed by atoms with van der Waals surface area (Å²) in [7, 11) is 0. The Bertz CT molecular complexity index is 686. The maximum absolute atomic E-state index is 12.0. The van der Waals surface area contributed by atoms with E-state index in [1.165, 1.54) is 10.9 Å². The molecule has 1 aromatic heterocycles. The molecule has 0 unspecified atom stereocenters. The summed E-state index contributed by atoms with van der Waals surface area (Å²) in [5, 5.41) is 20.9. The number of amides is 1. The molecule has 0 aliphatic carbocycles. The fraction of sp³-hybridized carbons (Fsp3) is 0.333. The third-order valence-corrected chi connectivity index (χ3v) is 4.34. The summed E-state index contributed by atoms with van der Waals surface area (Å²) in [5.74, 6) is 0.423. The van der Waals surface area contributed by atoms with Crippen LogP contribution in [0.1, 0.15) is 22.2 Å². The average molecular weight is 360 g/mol. The van der Waals surface area contributed by atoms with Crippen LogP contribution in [0.4, 0.5) is 0 Å². The molecule has 1 amide bonds. The molecule has 0 saturated heterocycles. The summed E-state index contributed by atoms with van der Waals surface area (Å²) in [4.78, 5) is 17.8. The van der Waals surface area contributed by atoms with Gasteiger partial charge in [0.25, 0.3) is 5.91 Å². The number of carbonyl (C=O) groups is 1. The number of carbonyl (C=O) groups excluding carboxylic acids is 1. The van der Waals surface area contributed by atoms with Crippen molar-refractivity contribution in [1.82, 2.24) is 16.0 Å². The quantitative estimate of drug-likeness (QED) is 0.329. The molecule has 25 heavy (non-hydrogen) atoms. The highest BCUT2D eigenvalue weighted by molar-refractivity contribution is 7.09. The lowest BCUT2D eigenvalue weighted by molar-refractivity contribution is 0.0951. The first-order valence-corrected chi connectivity index (χ1v) is 9.19. The Morgan fingerprint density at radius 3 is 2.64 bits per heavy atom. The Morgan fingerprint density at radius 1 is 1.12 bits per heavy atom. The smallest absolute Gasteiger partial charge is 0.255 e. The normalized spacial score (nSPS) is 11.2. The number of hydrogen-bond donors (Lipinski definition) is 4. The molecule has 0 bridgehead atoms. The number of benzene rings is 1. The number of phenolic OH excluding ortho intramolecular Hbond substituents is 1. The molecule has 7 heteroatoms. The molecule has 0 radical (unpaired) electrons. The summed E-state index contributed by atoms with van der Waals surface area (Å²) in [5.41, 5.74) is 0.277. The number of rotatable bonds is 8. The molecule has 0 aliphatic rings. The molecular weight excluding hydrogens is 336 g/mol. The van der Waals surface area contributed by atoms with E-state index in [-0.39, 0.29) is 17.2 Å².